The average molecular weight is 377 g/mol. The van der Waals surface area contributed by atoms with Gasteiger partial charge in [0.15, 0.2) is 0 Å². The molecule has 4 nitrogen and oxygen atoms in total. The van der Waals surface area contributed by atoms with E-state index in [0.29, 0.717) is 0 Å². The van der Waals surface area contributed by atoms with Crippen molar-refractivity contribution in [3.05, 3.63) is 0 Å². The number of carbonyl (C=O) groups excluding carboxylic acids is 2. The summed E-state index contributed by atoms with van der Waals surface area (Å²) in [6.07, 6.45) is -10.3. The van der Waals surface area contributed by atoms with E-state index in [0.717, 1.165) is 0 Å². The van der Waals surface area contributed by atoms with Crippen LogP contribution in [0, 0.1) is 0 Å². The van der Waals surface area contributed by atoms with Gasteiger partial charge in [0, 0.05) is 6.42 Å². The lowest BCUT2D eigenvalue weighted by atomic mass is 10.0. The number of esters is 1. The van der Waals surface area contributed by atoms with Gasteiger partial charge in [-0.3, -0.25) is 9.59 Å². The summed E-state index contributed by atoms with van der Waals surface area (Å²) in [4.78, 5) is 21.7. The number of ketones is 1. The molecule has 0 aromatic carbocycles. The lowest BCUT2D eigenvalue weighted by Crippen LogP contribution is -2.61. The normalized spacial score (nSPS) is 13.8. The van der Waals surface area contributed by atoms with E-state index in [4.69, 9.17) is 5.73 Å². The van der Waals surface area contributed by atoms with E-state index >= 15 is 0 Å². The molecule has 0 aliphatic heterocycles. The topological polar surface area (TPSA) is 69.4 Å². The Morgan fingerprint density at radius 1 is 0.833 bits per heavy atom. The second-order valence-corrected chi connectivity index (χ2v) is 4.56. The molecule has 0 unspecified atom stereocenters. The molecule has 0 fully saturated rings. The van der Waals surface area contributed by atoms with Crippen molar-refractivity contribution < 1.29 is 53.8 Å². The smallest absolute Gasteiger partial charge is 0.460 e. The van der Waals surface area contributed by atoms with Crippen LogP contribution in [0.4, 0.5) is 39.5 Å². The first-order valence-corrected chi connectivity index (χ1v) is 6.17. The Labute approximate surface area is 129 Å². The number of hydrogen-bond donors (Lipinski definition) is 1. The Morgan fingerprint density at radius 3 is 1.75 bits per heavy atom. The average Bonchev–Trinajstić information content (AvgIpc) is 2.42. The zero-order valence-electron chi connectivity index (χ0n) is 11.7. The van der Waals surface area contributed by atoms with Crippen LogP contribution in [0.2, 0.25) is 0 Å². The maximum Gasteiger partial charge on any atom is 0.460 e. The molecule has 0 aliphatic carbocycles. The van der Waals surface area contributed by atoms with Crippen molar-refractivity contribution in [2.24, 2.45) is 5.73 Å². The highest BCUT2D eigenvalue weighted by atomic mass is 19.4. The molecule has 24 heavy (non-hydrogen) atoms. The molecule has 0 bridgehead atoms. The summed E-state index contributed by atoms with van der Waals surface area (Å²) in [5, 5.41) is 0. The van der Waals surface area contributed by atoms with Gasteiger partial charge in [-0.05, 0) is 0 Å². The van der Waals surface area contributed by atoms with Crippen LogP contribution in [0.1, 0.15) is 19.3 Å². The third kappa shape index (κ3) is 4.98. The van der Waals surface area contributed by atoms with Crippen LogP contribution >= 0.6 is 0 Å². The third-order valence-corrected chi connectivity index (χ3v) is 2.72. The van der Waals surface area contributed by atoms with Crippen molar-refractivity contribution in [3.63, 3.8) is 0 Å². The lowest BCUT2D eigenvalue weighted by molar-refractivity contribution is -0.397. The molecule has 0 aliphatic rings. The summed E-state index contributed by atoms with van der Waals surface area (Å²) in [5.74, 6) is -21.5. The van der Waals surface area contributed by atoms with Gasteiger partial charge in [-0.2, -0.15) is 39.5 Å². The van der Waals surface area contributed by atoms with Crippen molar-refractivity contribution in [2.75, 3.05) is 13.2 Å². The SMILES string of the molecule is NCC(=O)CCC(=O)OCCC(F)(F)C(F)(F)C(F)(F)C(F)(F)F. The summed E-state index contributed by atoms with van der Waals surface area (Å²) in [7, 11) is 0. The highest BCUT2D eigenvalue weighted by Crippen LogP contribution is 2.53. The van der Waals surface area contributed by atoms with Crippen molar-refractivity contribution in [3.8, 4) is 0 Å². The van der Waals surface area contributed by atoms with Crippen LogP contribution in [0.3, 0.4) is 0 Å². The highest BCUT2D eigenvalue weighted by molar-refractivity contribution is 5.84. The van der Waals surface area contributed by atoms with Gasteiger partial charge in [0.1, 0.15) is 5.78 Å². The maximum atomic E-state index is 13.1. The molecule has 2 N–H and O–H groups in total. The second kappa shape index (κ2) is 7.57. The maximum absolute atomic E-state index is 13.1. The van der Waals surface area contributed by atoms with E-state index in [9.17, 15) is 49.1 Å². The van der Waals surface area contributed by atoms with Crippen molar-refractivity contribution in [2.45, 2.75) is 43.2 Å². The van der Waals surface area contributed by atoms with Gasteiger partial charge < -0.3 is 10.5 Å². The van der Waals surface area contributed by atoms with E-state index in [2.05, 4.69) is 4.74 Å². The molecule has 142 valence electrons. The molecule has 0 amide bonds. The van der Waals surface area contributed by atoms with E-state index < -0.39 is 68.1 Å². The zero-order chi connectivity index (χ0) is 19.4. The van der Waals surface area contributed by atoms with Gasteiger partial charge in [0.25, 0.3) is 0 Å². The van der Waals surface area contributed by atoms with Crippen LogP contribution in [0.25, 0.3) is 0 Å². The molecule has 0 saturated heterocycles. The number of halogens is 9. The Kier molecular flexibility index (Phi) is 7.09. The molecule has 0 radical (unpaired) electrons. The zero-order valence-corrected chi connectivity index (χ0v) is 11.7. The lowest BCUT2D eigenvalue weighted by Gasteiger charge is -2.33. The largest absolute Gasteiger partial charge is 0.465 e. The number of carbonyl (C=O) groups is 2. The number of nitrogens with two attached hydrogens (primary N) is 1. The van der Waals surface area contributed by atoms with Crippen molar-refractivity contribution in [1.82, 2.24) is 0 Å². The fourth-order valence-electron chi connectivity index (χ4n) is 1.27. The molecule has 0 saturated carbocycles. The van der Waals surface area contributed by atoms with Crippen LogP contribution in [-0.4, -0.2) is 48.8 Å². The number of Topliss-reactive ketones (excluding diaryl/α,β-unsaturated/α-hetero) is 1. The molecular formula is C11H12F9NO3. The standard InChI is InChI=1S/C11H12F9NO3/c12-8(13,9(14,15)10(16,17)11(18,19)20)3-4-24-7(23)2-1-6(22)5-21/h1-5,21H2. The predicted molar refractivity (Wildman–Crippen MR) is 59.8 cm³/mol. The molecular weight excluding hydrogens is 365 g/mol. The summed E-state index contributed by atoms with van der Waals surface area (Å²) in [6.45, 7) is -1.98. The minimum Gasteiger partial charge on any atom is -0.465 e. The number of hydrogen-bond acceptors (Lipinski definition) is 4. The molecule has 0 aromatic rings. The third-order valence-electron chi connectivity index (χ3n) is 2.72. The molecule has 0 rings (SSSR count). The molecule has 13 heteroatoms. The van der Waals surface area contributed by atoms with E-state index in [1.165, 1.54) is 0 Å². The Bertz CT molecular complexity index is 462. The number of alkyl halides is 9. The monoisotopic (exact) mass is 377 g/mol. The fraction of sp³-hybridized carbons (Fsp3) is 0.818. The second-order valence-electron chi connectivity index (χ2n) is 4.56. The predicted octanol–water partition coefficient (Wildman–Crippen LogP) is 2.70. The van der Waals surface area contributed by atoms with Crippen molar-refractivity contribution in [1.29, 1.82) is 0 Å². The van der Waals surface area contributed by atoms with Crippen LogP contribution in [0.5, 0.6) is 0 Å². The van der Waals surface area contributed by atoms with Gasteiger partial charge >= 0.3 is 29.9 Å². The summed E-state index contributed by atoms with van der Waals surface area (Å²) >= 11 is 0. The van der Waals surface area contributed by atoms with Crippen molar-refractivity contribution >= 4 is 11.8 Å². The Hall–Kier alpha value is -1.53. The molecule has 0 atom stereocenters. The van der Waals surface area contributed by atoms with Crippen LogP contribution < -0.4 is 5.73 Å². The van der Waals surface area contributed by atoms with Gasteiger partial charge in [0.2, 0.25) is 0 Å². The van der Waals surface area contributed by atoms with Crippen LogP contribution in [-0.2, 0) is 14.3 Å². The van der Waals surface area contributed by atoms with E-state index in [1.54, 1.807) is 0 Å². The minimum absolute atomic E-state index is 0.426. The summed E-state index contributed by atoms with van der Waals surface area (Å²) < 4.78 is 116. The molecule has 0 heterocycles. The van der Waals surface area contributed by atoms with Crippen LogP contribution in [0.15, 0.2) is 0 Å². The Morgan fingerprint density at radius 2 is 1.33 bits per heavy atom. The Balaban J connectivity index is 4.74. The fourth-order valence-corrected chi connectivity index (χ4v) is 1.27. The minimum atomic E-state index is -6.99. The first kappa shape index (κ1) is 22.5. The van der Waals surface area contributed by atoms with Gasteiger partial charge in [0.05, 0.1) is 26.0 Å². The summed E-state index contributed by atoms with van der Waals surface area (Å²) in [5.41, 5.74) is 4.89. The van der Waals surface area contributed by atoms with Gasteiger partial charge in [-0.25, -0.2) is 0 Å². The number of ether oxygens (including phenoxy) is 1. The first-order valence-electron chi connectivity index (χ1n) is 6.17. The van der Waals surface area contributed by atoms with E-state index in [1.807, 2.05) is 0 Å². The molecule has 0 spiro atoms. The highest BCUT2D eigenvalue weighted by Gasteiger charge is 2.81. The molecule has 0 aromatic heterocycles. The summed E-state index contributed by atoms with van der Waals surface area (Å²) in [6, 6.07) is 0. The van der Waals surface area contributed by atoms with Gasteiger partial charge in [-0.15, -0.1) is 0 Å². The van der Waals surface area contributed by atoms with Gasteiger partial charge in [-0.1, -0.05) is 0 Å². The quantitative estimate of drug-likeness (QED) is 0.496. The number of rotatable bonds is 9. The van der Waals surface area contributed by atoms with E-state index in [-0.39, 0.29) is 0 Å². The first-order chi connectivity index (χ1) is 10.6.